The smallest absolute Gasteiger partial charge is 0.329 e. The number of aliphatic hydroxyl groups excluding tert-OH is 1. The summed E-state index contributed by atoms with van der Waals surface area (Å²) in [7, 11) is 0. The Labute approximate surface area is 186 Å². The Balaban J connectivity index is 1.69. The number of rotatable bonds is 3. The molecule has 0 atom stereocenters. The molecule has 4 aromatic rings. The van der Waals surface area contributed by atoms with Gasteiger partial charge in [-0.3, -0.25) is 24.1 Å². The van der Waals surface area contributed by atoms with Crippen LogP contribution in [0.5, 0.6) is 0 Å². The van der Waals surface area contributed by atoms with Gasteiger partial charge in [0.1, 0.15) is 17.9 Å². The first-order valence-corrected chi connectivity index (χ1v) is 10.5. The van der Waals surface area contributed by atoms with Crippen LogP contribution in [0.15, 0.2) is 46.2 Å². The molecule has 1 saturated heterocycles. The van der Waals surface area contributed by atoms with Crippen LogP contribution < -0.4 is 17.0 Å². The van der Waals surface area contributed by atoms with Gasteiger partial charge in [0.25, 0.3) is 5.56 Å². The van der Waals surface area contributed by atoms with E-state index in [4.69, 9.17) is 15.8 Å². The van der Waals surface area contributed by atoms with Crippen LogP contribution in [0, 0.1) is 0 Å². The van der Waals surface area contributed by atoms with Crippen LogP contribution in [0.4, 0.5) is 5.82 Å². The number of hydrogen-bond donors (Lipinski definition) is 3. The number of H-pyrrole nitrogens is 1. The van der Waals surface area contributed by atoms with Gasteiger partial charge in [0.15, 0.2) is 0 Å². The van der Waals surface area contributed by atoms with Gasteiger partial charge in [-0.1, -0.05) is 0 Å². The molecule has 168 valence electrons. The van der Waals surface area contributed by atoms with Crippen molar-refractivity contribution in [2.45, 2.75) is 18.9 Å². The van der Waals surface area contributed by atoms with Crippen molar-refractivity contribution >= 4 is 33.7 Å². The lowest BCUT2D eigenvalue weighted by atomic mass is 10.0. The molecule has 1 aliphatic rings. The quantitative estimate of drug-likeness (QED) is 0.381. The lowest BCUT2D eigenvalue weighted by Gasteiger charge is -2.33. The van der Waals surface area contributed by atoms with Gasteiger partial charge >= 0.3 is 5.69 Å². The molecule has 0 saturated carbocycles. The summed E-state index contributed by atoms with van der Waals surface area (Å²) in [6.07, 6.45) is 4.05. The zero-order chi connectivity index (χ0) is 23.1. The number of carbonyl (C=O) groups is 1. The number of carbonyl (C=O) groups excluding carboxylic acids is 1. The first-order valence-electron chi connectivity index (χ1n) is 10.5. The molecule has 1 aliphatic heterocycles. The molecular formula is C22H21N7O4. The fourth-order valence-electron chi connectivity index (χ4n) is 4.33. The summed E-state index contributed by atoms with van der Waals surface area (Å²) in [5.41, 5.74) is 7.34. The molecule has 0 spiro atoms. The van der Waals surface area contributed by atoms with E-state index < -0.39 is 17.9 Å². The van der Waals surface area contributed by atoms with E-state index in [1.54, 1.807) is 39.9 Å². The largest absolute Gasteiger partial charge is 0.387 e. The number of aromatic amines is 1. The average molecular weight is 447 g/mol. The van der Waals surface area contributed by atoms with Crippen molar-refractivity contribution in [2.75, 3.05) is 25.4 Å². The number of pyridine rings is 3. The SMILES string of the molecule is Nc1ccc(-c2ccc3ncc4c(=O)[nH]c(=O)n(C5CCN(C(=O)CO)CC5)c4c3n2)cn1. The molecular weight excluding hydrogens is 426 g/mol. The maximum Gasteiger partial charge on any atom is 0.329 e. The molecule has 5 heterocycles. The minimum absolute atomic E-state index is 0.256. The first kappa shape index (κ1) is 20.8. The Morgan fingerprint density at radius 3 is 2.61 bits per heavy atom. The van der Waals surface area contributed by atoms with Crippen LogP contribution in [0.2, 0.25) is 0 Å². The summed E-state index contributed by atoms with van der Waals surface area (Å²) in [5.74, 6) is 0.0447. The summed E-state index contributed by atoms with van der Waals surface area (Å²) in [6, 6.07) is 6.79. The second-order valence-electron chi connectivity index (χ2n) is 7.96. The number of likely N-dealkylation sites (tertiary alicyclic amines) is 1. The molecule has 0 aromatic carbocycles. The van der Waals surface area contributed by atoms with Crippen molar-refractivity contribution in [3.05, 3.63) is 57.5 Å². The fourth-order valence-corrected chi connectivity index (χ4v) is 4.33. The third-order valence-electron chi connectivity index (χ3n) is 6.01. The van der Waals surface area contributed by atoms with E-state index in [2.05, 4.69) is 15.0 Å². The van der Waals surface area contributed by atoms with Crippen molar-refractivity contribution < 1.29 is 9.90 Å². The first-order chi connectivity index (χ1) is 16.0. The zero-order valence-corrected chi connectivity index (χ0v) is 17.6. The number of nitrogens with two attached hydrogens (primary N) is 1. The highest BCUT2D eigenvalue weighted by Gasteiger charge is 2.26. The van der Waals surface area contributed by atoms with Crippen molar-refractivity contribution in [1.82, 2.24) is 29.4 Å². The third kappa shape index (κ3) is 3.61. The maximum atomic E-state index is 13.0. The number of piperidine rings is 1. The maximum absolute atomic E-state index is 13.0. The van der Waals surface area contributed by atoms with Gasteiger partial charge in [-0.15, -0.1) is 0 Å². The summed E-state index contributed by atoms with van der Waals surface area (Å²) in [6.45, 7) is 0.251. The standard InChI is InChI=1S/C22H21N7O4/c23-17-4-1-12(9-25-17)15-2-3-16-19(26-15)20-14(10-24-16)21(32)27-22(33)29(20)13-5-7-28(8-6-13)18(31)11-30/h1-4,9-10,13,30H,5-8,11H2,(H2,23,25)(H,27,32,33). The molecule has 1 fully saturated rings. The number of hydrogen-bond acceptors (Lipinski definition) is 8. The number of amides is 1. The number of nitrogens with zero attached hydrogens (tertiary/aromatic N) is 5. The molecule has 0 bridgehead atoms. The Kier molecular flexibility index (Phi) is 5.09. The van der Waals surface area contributed by atoms with Gasteiger partial charge in [-0.2, -0.15) is 0 Å². The number of aliphatic hydroxyl groups is 1. The van der Waals surface area contributed by atoms with E-state index in [9.17, 15) is 14.4 Å². The van der Waals surface area contributed by atoms with Gasteiger partial charge in [-0.25, -0.2) is 14.8 Å². The lowest BCUT2D eigenvalue weighted by molar-refractivity contribution is -0.135. The highest BCUT2D eigenvalue weighted by molar-refractivity contribution is 6.01. The second-order valence-corrected chi connectivity index (χ2v) is 7.96. The number of nitrogens with one attached hydrogen (secondary N) is 1. The number of anilines is 1. The van der Waals surface area contributed by atoms with E-state index in [0.29, 0.717) is 54.0 Å². The highest BCUT2D eigenvalue weighted by atomic mass is 16.3. The molecule has 4 N–H and O–H groups in total. The highest BCUT2D eigenvalue weighted by Crippen LogP contribution is 2.28. The molecule has 0 unspecified atom stereocenters. The van der Waals surface area contributed by atoms with Crippen LogP contribution in [0.25, 0.3) is 33.2 Å². The van der Waals surface area contributed by atoms with Crippen LogP contribution >= 0.6 is 0 Å². The molecule has 11 nitrogen and oxygen atoms in total. The van der Waals surface area contributed by atoms with E-state index in [0.717, 1.165) is 5.56 Å². The lowest BCUT2D eigenvalue weighted by Crippen LogP contribution is -2.43. The Morgan fingerprint density at radius 1 is 1.12 bits per heavy atom. The van der Waals surface area contributed by atoms with Crippen LogP contribution in [0.3, 0.4) is 0 Å². The summed E-state index contributed by atoms with van der Waals surface area (Å²) < 4.78 is 1.56. The molecule has 0 radical (unpaired) electrons. The Hall–Kier alpha value is -4.12. The Bertz CT molecular complexity index is 1490. The van der Waals surface area contributed by atoms with Crippen LogP contribution in [-0.4, -0.2) is 60.1 Å². The zero-order valence-electron chi connectivity index (χ0n) is 17.6. The van der Waals surface area contributed by atoms with Crippen LogP contribution in [-0.2, 0) is 4.79 Å². The van der Waals surface area contributed by atoms with Gasteiger partial charge < -0.3 is 15.7 Å². The molecule has 1 amide bonds. The van der Waals surface area contributed by atoms with Crippen molar-refractivity contribution in [1.29, 1.82) is 0 Å². The van der Waals surface area contributed by atoms with E-state index in [1.807, 2.05) is 0 Å². The van der Waals surface area contributed by atoms with Gasteiger partial charge in [0, 0.05) is 37.1 Å². The number of nitrogen functional groups attached to an aromatic ring is 1. The third-order valence-corrected chi connectivity index (χ3v) is 6.01. The number of fused-ring (bicyclic) bond motifs is 3. The average Bonchev–Trinajstić information content (AvgIpc) is 2.84. The molecule has 5 rings (SSSR count). The predicted molar refractivity (Wildman–Crippen MR) is 122 cm³/mol. The summed E-state index contributed by atoms with van der Waals surface area (Å²) in [5, 5.41) is 9.39. The summed E-state index contributed by atoms with van der Waals surface area (Å²) in [4.78, 5) is 54.6. The minimum Gasteiger partial charge on any atom is -0.387 e. The minimum atomic E-state index is -0.546. The van der Waals surface area contributed by atoms with Crippen molar-refractivity contribution in [3.8, 4) is 11.3 Å². The van der Waals surface area contributed by atoms with Gasteiger partial charge in [-0.05, 0) is 37.1 Å². The van der Waals surface area contributed by atoms with E-state index in [1.165, 1.54) is 6.20 Å². The molecule has 4 aromatic heterocycles. The monoisotopic (exact) mass is 447 g/mol. The predicted octanol–water partition coefficient (Wildman–Crippen LogP) is 0.433. The van der Waals surface area contributed by atoms with Crippen molar-refractivity contribution in [2.24, 2.45) is 0 Å². The van der Waals surface area contributed by atoms with Crippen LogP contribution in [0.1, 0.15) is 18.9 Å². The molecule has 11 heteroatoms. The van der Waals surface area contributed by atoms with E-state index >= 15 is 0 Å². The Morgan fingerprint density at radius 2 is 1.91 bits per heavy atom. The fraction of sp³-hybridized carbons (Fsp3) is 0.273. The second kappa shape index (κ2) is 8.10. The van der Waals surface area contributed by atoms with E-state index in [-0.39, 0.29) is 17.3 Å². The van der Waals surface area contributed by atoms with Crippen molar-refractivity contribution in [3.63, 3.8) is 0 Å². The molecule has 0 aliphatic carbocycles. The normalized spacial score (nSPS) is 14.8. The van der Waals surface area contributed by atoms with Gasteiger partial charge in [0.2, 0.25) is 5.91 Å². The number of aromatic nitrogens is 5. The summed E-state index contributed by atoms with van der Waals surface area (Å²) >= 11 is 0. The molecule has 33 heavy (non-hydrogen) atoms. The topological polar surface area (TPSA) is 160 Å². The van der Waals surface area contributed by atoms with Gasteiger partial charge in [0.05, 0.1) is 22.1 Å².